The minimum absolute atomic E-state index is 0. The fourth-order valence-corrected chi connectivity index (χ4v) is 0.0454. The van der Waals surface area contributed by atoms with Gasteiger partial charge in [-0.25, -0.2) is 0 Å². The first-order chi connectivity index (χ1) is 3.91. The minimum Gasteiger partial charge on any atom is -0.689 e. The van der Waals surface area contributed by atoms with E-state index in [-0.39, 0.29) is 103 Å². The molecule has 0 atom stereocenters. The van der Waals surface area contributed by atoms with Gasteiger partial charge in [-0.15, -0.1) is 0 Å². The van der Waals surface area contributed by atoms with Crippen molar-refractivity contribution in [1.29, 1.82) is 0 Å². The number of hydrogen-bond donors (Lipinski definition) is 0. The molecule has 0 aromatic carbocycles. The molecular weight excluding hydrogens is 206 g/mol. The maximum absolute atomic E-state index is 8.79. The van der Waals surface area contributed by atoms with Gasteiger partial charge in [0.2, 0.25) is 0 Å². The van der Waals surface area contributed by atoms with Gasteiger partial charge < -0.3 is 10.5 Å². The van der Waals surface area contributed by atoms with Gasteiger partial charge in [-0.05, 0) is 20.2 Å². The van der Waals surface area contributed by atoms with Gasteiger partial charge in [-0.3, -0.25) is 10.1 Å². The average molecular weight is 206 g/mol. The zero-order valence-electron chi connectivity index (χ0n) is 5.27. The first kappa shape index (κ1) is 18.7. The molecule has 10 heavy (non-hydrogen) atoms. The minimum atomic E-state index is 0. The smallest absolute Gasteiger partial charge is 0.689 e. The van der Waals surface area contributed by atoms with E-state index in [2.05, 4.69) is 30.2 Å². The van der Waals surface area contributed by atoms with Crippen LogP contribution in [0, 0.1) is 0 Å². The first-order valence-corrected chi connectivity index (χ1v) is 1.17. The van der Waals surface area contributed by atoms with Crippen LogP contribution in [-0.4, -0.2) is 0 Å². The number of rotatable bonds is 5. The monoisotopic (exact) mass is 206 g/mol. The molecule has 0 spiro atoms. The third kappa shape index (κ3) is 17.2. The van der Waals surface area contributed by atoms with Crippen molar-refractivity contribution in [2.75, 3.05) is 0 Å². The van der Waals surface area contributed by atoms with E-state index < -0.39 is 0 Å². The summed E-state index contributed by atoms with van der Waals surface area (Å²) in [6, 6.07) is 0. The van der Waals surface area contributed by atoms with Crippen molar-refractivity contribution in [2.24, 2.45) is 0 Å². The van der Waals surface area contributed by atoms with Crippen molar-refractivity contribution in [3.63, 3.8) is 0 Å². The van der Waals surface area contributed by atoms with Gasteiger partial charge >= 0.3 is 103 Å². The van der Waals surface area contributed by atoms with Crippen LogP contribution in [0.25, 0.3) is 0 Å². The topological polar surface area (TPSA) is 102 Å². The summed E-state index contributed by atoms with van der Waals surface area (Å²) in [7, 11) is 0. The van der Waals surface area contributed by atoms with Crippen LogP contribution in [0.4, 0.5) is 0 Å². The molecule has 0 aliphatic carbocycles. The summed E-state index contributed by atoms with van der Waals surface area (Å²) in [5.41, 5.74) is 0. The van der Waals surface area contributed by atoms with E-state index in [0.717, 1.165) is 0 Å². The Morgan fingerprint density at radius 3 is 1.10 bits per heavy atom. The number of hydrogen-bond acceptors (Lipinski definition) is 8. The Balaban J connectivity index is -0.000000245. The molecule has 0 saturated heterocycles. The van der Waals surface area contributed by atoms with Gasteiger partial charge in [0.1, 0.15) is 0 Å². The van der Waals surface area contributed by atoms with Crippen LogP contribution in [-0.2, 0) is 30.2 Å². The molecule has 0 rings (SSSR count). The van der Waals surface area contributed by atoms with Gasteiger partial charge in [-0.2, -0.15) is 0 Å². The maximum atomic E-state index is 8.79. The van der Waals surface area contributed by atoms with Gasteiger partial charge in [0.15, 0.2) is 0 Å². The van der Waals surface area contributed by atoms with E-state index in [4.69, 9.17) is 10.5 Å². The molecule has 50 valence electrons. The summed E-state index contributed by atoms with van der Waals surface area (Å²) < 4.78 is 0. The van der Waals surface area contributed by atoms with E-state index in [1.165, 1.54) is 0 Å². The van der Waals surface area contributed by atoms with Crippen LogP contribution in [0.5, 0.6) is 0 Å². The molecule has 0 radical (unpaired) electrons. The molecule has 0 N–H and O–H groups in total. The zero-order valence-corrected chi connectivity index (χ0v) is 11.5. The Morgan fingerprint density at radius 2 is 0.900 bits per heavy atom. The summed E-state index contributed by atoms with van der Waals surface area (Å²) in [4.78, 5) is 0. The molecule has 10 heteroatoms. The van der Waals surface area contributed by atoms with E-state index in [1.807, 2.05) is 0 Å². The summed E-state index contributed by atoms with van der Waals surface area (Å²) >= 11 is 0. The molecule has 0 aromatic heterocycles. The molecule has 0 fully saturated rings. The predicted octanol–water partition coefficient (Wildman–Crippen LogP) is -8.78. The Hall–Kier alpha value is 2.95. The average Bonchev–Trinajstić information content (AvgIpc) is 1.81. The molecule has 0 aliphatic heterocycles. The van der Waals surface area contributed by atoms with Crippen molar-refractivity contribution in [3.05, 3.63) is 0 Å². The van der Waals surface area contributed by atoms with Crippen LogP contribution < -0.4 is 113 Å². The van der Waals surface area contributed by atoms with Gasteiger partial charge in [-0.1, -0.05) is 0 Å². The predicted molar refractivity (Wildman–Crippen MR) is 6.51 cm³/mol. The van der Waals surface area contributed by atoms with Crippen LogP contribution in [0.15, 0.2) is 0 Å². The normalized spacial score (nSPS) is 7.80. The van der Waals surface area contributed by atoms with Crippen LogP contribution >= 0.6 is 0 Å². The third-order valence-electron chi connectivity index (χ3n) is 0.139. The molecule has 0 amide bonds. The van der Waals surface area contributed by atoms with Crippen molar-refractivity contribution in [3.8, 4) is 0 Å². The van der Waals surface area contributed by atoms with Crippen LogP contribution in [0.3, 0.4) is 0 Å². The quantitative estimate of drug-likeness (QED) is 0.189. The molecule has 0 aromatic rings. The van der Waals surface area contributed by atoms with E-state index in [9.17, 15) is 0 Å². The largest absolute Gasteiger partial charge is 1.00 e. The summed E-state index contributed by atoms with van der Waals surface area (Å²) in [5, 5.41) is 35.0. The standard InChI is InChI=1S/2K.H2O8/c;;1-3-5-7-8-6-4-2/h;;1-2H/q2*+1;/p-2. The van der Waals surface area contributed by atoms with Crippen molar-refractivity contribution in [1.82, 2.24) is 0 Å². The summed E-state index contributed by atoms with van der Waals surface area (Å²) in [6.45, 7) is 0. The Bertz CT molecular complexity index is 32.2. The Labute approximate surface area is 140 Å². The third-order valence-corrected chi connectivity index (χ3v) is 0.139. The van der Waals surface area contributed by atoms with Crippen LogP contribution in [0.2, 0.25) is 0 Å². The molecule has 0 heterocycles. The van der Waals surface area contributed by atoms with E-state index in [1.54, 1.807) is 0 Å². The maximum Gasteiger partial charge on any atom is 1.00 e. The van der Waals surface area contributed by atoms with E-state index >= 15 is 0 Å². The van der Waals surface area contributed by atoms with Crippen molar-refractivity contribution in [2.45, 2.75) is 0 Å². The van der Waals surface area contributed by atoms with Crippen molar-refractivity contribution >= 4 is 0 Å². The molecule has 0 saturated carbocycles. The summed E-state index contributed by atoms with van der Waals surface area (Å²) in [5.74, 6) is 0. The molecule has 0 unspecified atom stereocenters. The Kier molecular flexibility index (Phi) is 33.4. The van der Waals surface area contributed by atoms with Gasteiger partial charge in [0.05, 0.1) is 0 Å². The van der Waals surface area contributed by atoms with Crippen molar-refractivity contribution < 1.29 is 144 Å². The molecule has 0 bridgehead atoms. The molecular formula is K2O8. The molecule has 0 aliphatic rings. The summed E-state index contributed by atoms with van der Waals surface area (Å²) in [6.07, 6.45) is 0. The zero-order chi connectivity index (χ0) is 6.24. The second-order valence-corrected chi connectivity index (χ2v) is 0.408. The van der Waals surface area contributed by atoms with Crippen LogP contribution in [0.1, 0.15) is 0 Å². The Morgan fingerprint density at radius 1 is 0.600 bits per heavy atom. The van der Waals surface area contributed by atoms with E-state index in [0.29, 0.717) is 0 Å². The SMILES string of the molecule is [K+].[K+].[O-]OOOOOO[O-]. The second kappa shape index (κ2) is 17.9. The van der Waals surface area contributed by atoms with Gasteiger partial charge in [0, 0.05) is 0 Å². The fourth-order valence-electron chi connectivity index (χ4n) is 0.0454. The first-order valence-electron chi connectivity index (χ1n) is 1.17. The fraction of sp³-hybridized carbons (Fsp3) is 0. The van der Waals surface area contributed by atoms with Gasteiger partial charge in [0.25, 0.3) is 0 Å². The second-order valence-electron chi connectivity index (χ2n) is 0.408. The molecule has 8 nitrogen and oxygen atoms in total.